The lowest BCUT2D eigenvalue weighted by Gasteiger charge is -2.58. The molecule has 0 heterocycles. The molecule has 0 aromatic heterocycles. The molecular weight excluding hydrogens is 288 g/mol. The molecule has 0 spiro atoms. The first-order valence-electron chi connectivity index (χ1n) is 9.31. The van der Waals surface area contributed by atoms with E-state index in [1.807, 2.05) is 0 Å². The highest BCUT2D eigenvalue weighted by molar-refractivity contribution is 5.89. The van der Waals surface area contributed by atoms with Crippen LogP contribution in [0, 0.1) is 34.5 Å². The molecule has 0 N–H and O–H groups in total. The summed E-state index contributed by atoms with van der Waals surface area (Å²) in [5, 5.41) is 0. The molecule has 0 bridgehead atoms. The first kappa shape index (κ1) is 15.4. The van der Waals surface area contributed by atoms with Crippen molar-refractivity contribution in [2.24, 2.45) is 34.5 Å². The molecule has 4 aliphatic carbocycles. The van der Waals surface area contributed by atoms with Crippen LogP contribution in [0.2, 0.25) is 0 Å². The number of rotatable bonds is 2. The number of fused-ring (bicyclic) bond motifs is 5. The van der Waals surface area contributed by atoms with Crippen molar-refractivity contribution in [1.82, 2.24) is 0 Å². The number of ketones is 1. The van der Waals surface area contributed by atoms with Crippen LogP contribution >= 0.6 is 0 Å². The van der Waals surface area contributed by atoms with E-state index in [2.05, 4.69) is 26.0 Å². The monoisotopic (exact) mass is 316 g/mol. The molecule has 3 heteroatoms. The van der Waals surface area contributed by atoms with E-state index >= 15 is 0 Å². The summed E-state index contributed by atoms with van der Waals surface area (Å²) in [4.78, 5) is 23.0. The lowest BCUT2D eigenvalue weighted by atomic mass is 9.47. The maximum absolute atomic E-state index is 12.4. The van der Waals surface area contributed by atoms with Crippen LogP contribution in [0.3, 0.4) is 0 Å². The van der Waals surface area contributed by atoms with Crippen molar-refractivity contribution < 1.29 is 14.3 Å². The summed E-state index contributed by atoms with van der Waals surface area (Å²) in [5.74, 6) is 2.91. The fourth-order valence-electron chi connectivity index (χ4n) is 6.59. The molecule has 7 atom stereocenters. The molecule has 3 nitrogen and oxygen atoms in total. The van der Waals surface area contributed by atoms with E-state index in [-0.39, 0.29) is 11.5 Å². The molecule has 0 aliphatic heterocycles. The number of allylic oxidation sites excluding steroid dienone is 2. The van der Waals surface area contributed by atoms with Crippen molar-refractivity contribution in [3.05, 3.63) is 12.2 Å². The molecule has 0 aromatic carbocycles. The molecule has 3 fully saturated rings. The van der Waals surface area contributed by atoms with Crippen molar-refractivity contribution in [2.75, 3.05) is 0 Å². The quantitative estimate of drug-likeness (QED) is 0.573. The summed E-state index contributed by atoms with van der Waals surface area (Å²) >= 11 is 0. The summed E-state index contributed by atoms with van der Waals surface area (Å²) < 4.78 is 5.27. The van der Waals surface area contributed by atoms with Crippen molar-refractivity contribution in [3.8, 4) is 0 Å². The maximum atomic E-state index is 12.4. The second-order valence-electron chi connectivity index (χ2n) is 8.81. The van der Waals surface area contributed by atoms with Gasteiger partial charge in [0.05, 0.1) is 0 Å². The second-order valence-corrected chi connectivity index (χ2v) is 8.81. The van der Waals surface area contributed by atoms with E-state index in [0.29, 0.717) is 41.3 Å². The molecular formula is C20H28O3. The lowest BCUT2D eigenvalue weighted by Crippen LogP contribution is -2.52. The number of carbonyl (C=O) groups is 2. The average molecular weight is 316 g/mol. The van der Waals surface area contributed by atoms with E-state index < -0.39 is 0 Å². The van der Waals surface area contributed by atoms with Crippen molar-refractivity contribution in [3.63, 3.8) is 0 Å². The molecule has 2 unspecified atom stereocenters. The van der Waals surface area contributed by atoms with Crippen LogP contribution < -0.4 is 0 Å². The van der Waals surface area contributed by atoms with Crippen LogP contribution in [0.5, 0.6) is 0 Å². The largest absolute Gasteiger partial charge is 0.465 e. The van der Waals surface area contributed by atoms with Crippen molar-refractivity contribution in [1.29, 1.82) is 0 Å². The Morgan fingerprint density at radius 3 is 2.83 bits per heavy atom. The molecule has 0 radical (unpaired) electrons. The van der Waals surface area contributed by atoms with Crippen molar-refractivity contribution in [2.45, 2.75) is 64.9 Å². The van der Waals surface area contributed by atoms with Gasteiger partial charge in [-0.3, -0.25) is 9.59 Å². The molecule has 126 valence electrons. The Bertz CT molecular complexity index is 553. The van der Waals surface area contributed by atoms with Gasteiger partial charge in [-0.25, -0.2) is 0 Å². The van der Waals surface area contributed by atoms with Gasteiger partial charge in [0.1, 0.15) is 11.9 Å². The van der Waals surface area contributed by atoms with E-state index in [0.717, 1.165) is 32.1 Å². The zero-order valence-electron chi connectivity index (χ0n) is 14.3. The highest BCUT2D eigenvalue weighted by Gasteiger charge is 2.58. The topological polar surface area (TPSA) is 43.4 Å². The third-order valence-corrected chi connectivity index (χ3v) is 8.02. The Balaban J connectivity index is 1.62. The SMILES string of the molecule is C[C@]12CCC(OC=O)CC1CC[C@@H]1[C@@H]2C=C[C@]2(C)C(=O)CC[C@@H]12. The Kier molecular flexibility index (Phi) is 3.48. The zero-order valence-corrected chi connectivity index (χ0v) is 14.3. The number of Topliss-reactive ketones (excluding diaryl/α,β-unsaturated/α-hetero) is 1. The second kappa shape index (κ2) is 5.19. The van der Waals surface area contributed by atoms with Gasteiger partial charge in [0.15, 0.2) is 0 Å². The van der Waals surface area contributed by atoms with Gasteiger partial charge in [0, 0.05) is 11.8 Å². The summed E-state index contributed by atoms with van der Waals surface area (Å²) in [6, 6.07) is 0. The number of ether oxygens (including phenoxy) is 1. The normalized spacial score (nSPS) is 51.6. The first-order valence-corrected chi connectivity index (χ1v) is 9.31. The highest BCUT2D eigenvalue weighted by Crippen LogP contribution is 2.63. The fraction of sp³-hybridized carbons (Fsp3) is 0.800. The third-order valence-electron chi connectivity index (χ3n) is 8.02. The standard InChI is InChI=1S/C20H28O3/c1-19-9-7-14(23-12-21)11-13(19)3-4-15-16-5-6-18(22)20(16,2)10-8-17(15)19/h8,10,12-17H,3-7,9,11H2,1-2H3/t13?,14?,15-,16-,17-,19-,20-/m0/s1. The number of hydrogen-bond acceptors (Lipinski definition) is 3. The van der Waals surface area contributed by atoms with Gasteiger partial charge in [-0.2, -0.15) is 0 Å². The smallest absolute Gasteiger partial charge is 0.293 e. The minimum atomic E-state index is -0.192. The molecule has 3 saturated carbocycles. The molecule has 23 heavy (non-hydrogen) atoms. The van der Waals surface area contributed by atoms with Crippen LogP contribution in [0.1, 0.15) is 58.8 Å². The summed E-state index contributed by atoms with van der Waals surface area (Å²) in [6.45, 7) is 5.24. The summed E-state index contributed by atoms with van der Waals surface area (Å²) in [7, 11) is 0. The van der Waals surface area contributed by atoms with Crippen molar-refractivity contribution >= 4 is 12.3 Å². The minimum Gasteiger partial charge on any atom is -0.465 e. The fourth-order valence-corrected chi connectivity index (χ4v) is 6.59. The van der Waals surface area contributed by atoms with E-state index in [1.54, 1.807) is 0 Å². The number of carbonyl (C=O) groups excluding carboxylic acids is 2. The van der Waals surface area contributed by atoms with E-state index in [4.69, 9.17) is 4.74 Å². The Labute approximate surface area is 138 Å². The van der Waals surface area contributed by atoms with E-state index in [1.165, 1.54) is 12.8 Å². The maximum Gasteiger partial charge on any atom is 0.293 e. The lowest BCUT2D eigenvalue weighted by molar-refractivity contribution is -0.142. The summed E-state index contributed by atoms with van der Waals surface area (Å²) in [6.07, 6.45) is 12.2. The van der Waals surface area contributed by atoms with Gasteiger partial charge >= 0.3 is 0 Å². The Morgan fingerprint density at radius 2 is 2.04 bits per heavy atom. The molecule has 0 saturated heterocycles. The first-order chi connectivity index (χ1) is 11.0. The van der Waals surface area contributed by atoms with Crippen LogP contribution in [0.25, 0.3) is 0 Å². The predicted molar refractivity (Wildman–Crippen MR) is 87.6 cm³/mol. The molecule has 4 rings (SSSR count). The minimum absolute atomic E-state index is 0.119. The Hall–Kier alpha value is -1.12. The molecule has 4 aliphatic rings. The van der Waals surface area contributed by atoms with Crippen LogP contribution in [-0.2, 0) is 14.3 Å². The van der Waals surface area contributed by atoms with Gasteiger partial charge < -0.3 is 4.74 Å². The third kappa shape index (κ3) is 2.08. The average Bonchev–Trinajstić information content (AvgIpc) is 2.84. The zero-order chi connectivity index (χ0) is 16.2. The van der Waals surface area contributed by atoms with Gasteiger partial charge in [-0.15, -0.1) is 0 Å². The van der Waals surface area contributed by atoms with E-state index in [9.17, 15) is 9.59 Å². The number of hydrogen-bond donors (Lipinski definition) is 0. The Morgan fingerprint density at radius 1 is 1.22 bits per heavy atom. The summed E-state index contributed by atoms with van der Waals surface area (Å²) in [5.41, 5.74) is 0.122. The van der Waals surface area contributed by atoms with Crippen LogP contribution in [-0.4, -0.2) is 18.4 Å². The predicted octanol–water partition coefficient (Wildman–Crippen LogP) is 3.92. The van der Waals surface area contributed by atoms with Gasteiger partial charge in [0.2, 0.25) is 0 Å². The van der Waals surface area contributed by atoms with Gasteiger partial charge in [-0.1, -0.05) is 19.1 Å². The molecule has 0 amide bonds. The highest BCUT2D eigenvalue weighted by atomic mass is 16.5. The van der Waals surface area contributed by atoms with Crippen LogP contribution in [0.4, 0.5) is 0 Å². The molecule has 0 aromatic rings. The van der Waals surface area contributed by atoms with Gasteiger partial charge in [-0.05, 0) is 74.5 Å². The van der Waals surface area contributed by atoms with Gasteiger partial charge in [0.25, 0.3) is 6.47 Å². The van der Waals surface area contributed by atoms with Crippen LogP contribution in [0.15, 0.2) is 12.2 Å².